The van der Waals surface area contributed by atoms with Gasteiger partial charge in [0.25, 0.3) is 5.91 Å². The predicted molar refractivity (Wildman–Crippen MR) is 113 cm³/mol. The van der Waals surface area contributed by atoms with Crippen molar-refractivity contribution in [3.05, 3.63) is 88.2 Å². The van der Waals surface area contributed by atoms with Gasteiger partial charge >= 0.3 is 0 Å². The summed E-state index contributed by atoms with van der Waals surface area (Å²) in [5.74, 6) is 0.0306. The number of amides is 1. The van der Waals surface area contributed by atoms with E-state index in [4.69, 9.17) is 0 Å². The van der Waals surface area contributed by atoms with Gasteiger partial charge in [-0.15, -0.1) is 0 Å². The highest BCUT2D eigenvalue weighted by Gasteiger charge is 2.22. The maximum absolute atomic E-state index is 13.1. The number of anilines is 2. The van der Waals surface area contributed by atoms with Crippen molar-refractivity contribution < 1.29 is 4.79 Å². The predicted octanol–water partition coefficient (Wildman–Crippen LogP) is 4.95. The average molecular weight is 371 g/mol. The van der Waals surface area contributed by atoms with E-state index in [1.165, 1.54) is 27.8 Å². The number of nitrogens with zero attached hydrogens (tertiary/aromatic N) is 2. The minimum Gasteiger partial charge on any atom is -0.354 e. The van der Waals surface area contributed by atoms with Gasteiger partial charge in [0.05, 0.1) is 17.4 Å². The smallest absolute Gasteiger partial charge is 0.255 e. The normalized spacial score (nSPS) is 13.2. The second-order valence-corrected chi connectivity index (χ2v) is 7.61. The van der Waals surface area contributed by atoms with Crippen molar-refractivity contribution in [3.63, 3.8) is 0 Å². The number of carbonyl (C=O) groups is 1. The van der Waals surface area contributed by atoms with E-state index in [2.05, 4.69) is 61.4 Å². The Morgan fingerprint density at radius 1 is 1.00 bits per heavy atom. The van der Waals surface area contributed by atoms with Crippen molar-refractivity contribution in [1.29, 1.82) is 0 Å². The standard InChI is InChI=1S/C24H25N3O/c1-16-10-17(2)23(18(3)11-16)26-22-12-21(13-25-14-22)24(28)27-9-8-19-6-4-5-7-20(19)15-27/h4-7,10-14,26H,8-9,15H2,1-3H3. The highest BCUT2D eigenvalue weighted by molar-refractivity contribution is 5.95. The fourth-order valence-corrected chi connectivity index (χ4v) is 4.00. The van der Waals surface area contributed by atoms with Crippen LogP contribution in [0.3, 0.4) is 0 Å². The van der Waals surface area contributed by atoms with E-state index in [0.717, 1.165) is 24.3 Å². The van der Waals surface area contributed by atoms with E-state index < -0.39 is 0 Å². The minimum atomic E-state index is 0.0306. The molecule has 1 amide bonds. The lowest BCUT2D eigenvalue weighted by Gasteiger charge is -2.29. The third-order valence-corrected chi connectivity index (χ3v) is 5.35. The number of nitrogens with one attached hydrogen (secondary N) is 1. The van der Waals surface area contributed by atoms with Gasteiger partial charge in [-0.05, 0) is 55.5 Å². The van der Waals surface area contributed by atoms with Crippen LogP contribution in [0.1, 0.15) is 38.2 Å². The molecule has 1 aromatic heterocycles. The van der Waals surface area contributed by atoms with Crippen LogP contribution in [0.5, 0.6) is 0 Å². The molecule has 0 radical (unpaired) electrons. The number of hydrogen-bond donors (Lipinski definition) is 1. The summed E-state index contributed by atoms with van der Waals surface area (Å²) in [7, 11) is 0. The zero-order valence-corrected chi connectivity index (χ0v) is 16.6. The van der Waals surface area contributed by atoms with Gasteiger partial charge in [-0.25, -0.2) is 0 Å². The Kier molecular flexibility index (Phi) is 4.86. The molecule has 4 heteroatoms. The summed E-state index contributed by atoms with van der Waals surface area (Å²) in [5, 5.41) is 3.45. The van der Waals surface area contributed by atoms with Crippen LogP contribution in [0, 0.1) is 20.8 Å². The molecule has 0 spiro atoms. The van der Waals surface area contributed by atoms with Gasteiger partial charge in [-0.1, -0.05) is 42.0 Å². The van der Waals surface area contributed by atoms with Crippen molar-refractivity contribution in [2.75, 3.05) is 11.9 Å². The van der Waals surface area contributed by atoms with Gasteiger partial charge < -0.3 is 10.2 Å². The third kappa shape index (κ3) is 3.63. The summed E-state index contributed by atoms with van der Waals surface area (Å²) >= 11 is 0. The number of carbonyl (C=O) groups excluding carboxylic acids is 1. The molecule has 0 aliphatic carbocycles. The van der Waals surface area contributed by atoms with Gasteiger partial charge in [0, 0.05) is 25.0 Å². The van der Waals surface area contributed by atoms with Crippen molar-refractivity contribution in [1.82, 2.24) is 9.88 Å². The zero-order valence-electron chi connectivity index (χ0n) is 16.6. The number of rotatable bonds is 3. The van der Waals surface area contributed by atoms with Crippen molar-refractivity contribution in [2.45, 2.75) is 33.7 Å². The van der Waals surface area contributed by atoms with Crippen LogP contribution in [-0.4, -0.2) is 22.3 Å². The van der Waals surface area contributed by atoms with Crippen LogP contribution >= 0.6 is 0 Å². The molecule has 0 bridgehead atoms. The Labute approximate surface area is 166 Å². The van der Waals surface area contributed by atoms with Crippen LogP contribution in [0.15, 0.2) is 54.9 Å². The number of aryl methyl sites for hydroxylation is 3. The fourth-order valence-electron chi connectivity index (χ4n) is 4.00. The number of pyridine rings is 1. The highest BCUT2D eigenvalue weighted by Crippen LogP contribution is 2.26. The Balaban J connectivity index is 1.55. The van der Waals surface area contributed by atoms with E-state index in [1.54, 1.807) is 12.4 Å². The second-order valence-electron chi connectivity index (χ2n) is 7.61. The van der Waals surface area contributed by atoms with Gasteiger partial charge in [-0.2, -0.15) is 0 Å². The molecule has 4 rings (SSSR count). The average Bonchev–Trinajstić information content (AvgIpc) is 2.70. The summed E-state index contributed by atoms with van der Waals surface area (Å²) in [6, 6.07) is 14.6. The first-order chi connectivity index (χ1) is 13.5. The summed E-state index contributed by atoms with van der Waals surface area (Å²) in [6.45, 7) is 7.68. The van der Waals surface area contributed by atoms with E-state index in [9.17, 15) is 4.79 Å². The Morgan fingerprint density at radius 3 is 2.46 bits per heavy atom. The lowest BCUT2D eigenvalue weighted by Crippen LogP contribution is -2.36. The zero-order chi connectivity index (χ0) is 19.7. The molecule has 28 heavy (non-hydrogen) atoms. The maximum Gasteiger partial charge on any atom is 0.255 e. The molecule has 3 aromatic rings. The second kappa shape index (κ2) is 7.47. The molecular formula is C24H25N3O. The van der Waals surface area contributed by atoms with Crippen molar-refractivity contribution in [2.24, 2.45) is 0 Å². The lowest BCUT2D eigenvalue weighted by atomic mass is 9.99. The molecule has 2 heterocycles. The molecular weight excluding hydrogens is 346 g/mol. The van der Waals surface area contributed by atoms with Crippen LogP contribution in [0.2, 0.25) is 0 Å². The van der Waals surface area contributed by atoms with Crippen molar-refractivity contribution >= 4 is 17.3 Å². The number of aromatic nitrogens is 1. The first-order valence-corrected chi connectivity index (χ1v) is 9.67. The van der Waals surface area contributed by atoms with Crippen molar-refractivity contribution in [3.8, 4) is 0 Å². The quantitative estimate of drug-likeness (QED) is 0.709. The molecule has 0 fully saturated rings. The molecule has 142 valence electrons. The molecule has 2 aromatic carbocycles. The minimum absolute atomic E-state index is 0.0306. The summed E-state index contributed by atoms with van der Waals surface area (Å²) in [4.78, 5) is 19.3. The fraction of sp³-hybridized carbons (Fsp3) is 0.250. The Morgan fingerprint density at radius 2 is 1.71 bits per heavy atom. The Hall–Kier alpha value is -3.14. The van der Waals surface area contributed by atoms with Gasteiger partial charge in [0.1, 0.15) is 0 Å². The van der Waals surface area contributed by atoms with Crippen LogP contribution < -0.4 is 5.32 Å². The van der Waals surface area contributed by atoms with Gasteiger partial charge in [-0.3, -0.25) is 9.78 Å². The lowest BCUT2D eigenvalue weighted by molar-refractivity contribution is 0.0734. The molecule has 4 nitrogen and oxygen atoms in total. The third-order valence-electron chi connectivity index (χ3n) is 5.35. The summed E-state index contributed by atoms with van der Waals surface area (Å²) < 4.78 is 0. The van der Waals surface area contributed by atoms with Crippen LogP contribution in [-0.2, 0) is 13.0 Å². The molecule has 0 atom stereocenters. The summed E-state index contributed by atoms with van der Waals surface area (Å²) in [6.07, 6.45) is 4.32. The van der Waals surface area contributed by atoms with E-state index >= 15 is 0 Å². The maximum atomic E-state index is 13.1. The first kappa shape index (κ1) is 18.2. The SMILES string of the molecule is Cc1cc(C)c(Nc2cncc(C(=O)N3CCc4ccccc4C3)c2)c(C)c1. The highest BCUT2D eigenvalue weighted by atomic mass is 16.2. The van der Waals surface area contributed by atoms with E-state index in [-0.39, 0.29) is 5.91 Å². The van der Waals surface area contributed by atoms with Crippen LogP contribution in [0.25, 0.3) is 0 Å². The number of benzene rings is 2. The topological polar surface area (TPSA) is 45.2 Å². The number of hydrogen-bond acceptors (Lipinski definition) is 3. The van der Waals surface area contributed by atoms with E-state index in [0.29, 0.717) is 12.1 Å². The van der Waals surface area contributed by atoms with Crippen LogP contribution in [0.4, 0.5) is 11.4 Å². The summed E-state index contributed by atoms with van der Waals surface area (Å²) in [5.41, 5.74) is 8.70. The largest absolute Gasteiger partial charge is 0.354 e. The van der Waals surface area contributed by atoms with E-state index in [1.807, 2.05) is 17.0 Å². The molecule has 1 aliphatic heterocycles. The Bertz CT molecular complexity index is 1020. The number of fused-ring (bicyclic) bond motifs is 1. The molecule has 1 aliphatic rings. The molecule has 0 unspecified atom stereocenters. The van der Waals surface area contributed by atoms with Gasteiger partial charge in [0.2, 0.25) is 0 Å². The first-order valence-electron chi connectivity index (χ1n) is 9.67. The van der Waals surface area contributed by atoms with Gasteiger partial charge in [0.15, 0.2) is 0 Å². The molecule has 1 N–H and O–H groups in total. The molecule has 0 saturated carbocycles. The molecule has 0 saturated heterocycles. The monoisotopic (exact) mass is 371 g/mol.